The Hall–Kier alpha value is -3.34. The molecule has 2 aromatic carbocycles. The normalized spacial score (nSPS) is 10.8. The monoisotopic (exact) mass is 330 g/mol. The molecule has 4 aromatic rings. The summed E-state index contributed by atoms with van der Waals surface area (Å²) >= 11 is 0. The quantitative estimate of drug-likeness (QED) is 0.603. The molecule has 124 valence electrons. The van der Waals surface area contributed by atoms with Gasteiger partial charge >= 0.3 is 0 Å². The summed E-state index contributed by atoms with van der Waals surface area (Å²) in [5.74, 6) is 1.55. The van der Waals surface area contributed by atoms with Crippen LogP contribution < -0.4 is 10.1 Å². The first kappa shape index (κ1) is 15.2. The Balaban J connectivity index is 1.79. The number of nitrogens with zero attached hydrogens (tertiary/aromatic N) is 3. The van der Waals surface area contributed by atoms with Crippen molar-refractivity contribution in [2.24, 2.45) is 7.05 Å². The van der Waals surface area contributed by atoms with Crippen LogP contribution in [0.2, 0.25) is 0 Å². The van der Waals surface area contributed by atoms with Crippen LogP contribution in [0.25, 0.3) is 21.9 Å². The Morgan fingerprint density at radius 3 is 2.72 bits per heavy atom. The molecule has 0 atom stereocenters. The molecule has 4 rings (SSSR count). The lowest BCUT2D eigenvalue weighted by Crippen LogP contribution is -1.96. The van der Waals surface area contributed by atoms with Gasteiger partial charge in [0.2, 0.25) is 0 Å². The van der Waals surface area contributed by atoms with Crippen molar-refractivity contribution < 1.29 is 4.74 Å². The van der Waals surface area contributed by atoms with Gasteiger partial charge in [0.25, 0.3) is 0 Å². The minimum absolute atomic E-state index is 0.772. The van der Waals surface area contributed by atoms with Crippen LogP contribution >= 0.6 is 0 Å². The number of hydrogen-bond donors (Lipinski definition) is 1. The minimum atomic E-state index is 0.772. The summed E-state index contributed by atoms with van der Waals surface area (Å²) in [7, 11) is 3.58. The van der Waals surface area contributed by atoms with Crippen LogP contribution in [0.4, 0.5) is 11.5 Å². The van der Waals surface area contributed by atoms with Crippen molar-refractivity contribution in [2.45, 2.75) is 0 Å². The molecule has 0 saturated carbocycles. The first-order valence-electron chi connectivity index (χ1n) is 8.02. The van der Waals surface area contributed by atoms with E-state index < -0.39 is 0 Å². The number of ether oxygens (including phenoxy) is 1. The van der Waals surface area contributed by atoms with Gasteiger partial charge in [-0.25, -0.2) is 4.98 Å². The van der Waals surface area contributed by atoms with E-state index in [1.54, 1.807) is 7.11 Å². The average molecular weight is 330 g/mol. The Kier molecular flexibility index (Phi) is 3.82. The molecule has 0 bridgehead atoms. The third-order valence-electron chi connectivity index (χ3n) is 4.15. The molecule has 0 aliphatic carbocycles. The number of anilines is 2. The lowest BCUT2D eigenvalue weighted by atomic mass is 10.0. The largest absolute Gasteiger partial charge is 0.495 e. The van der Waals surface area contributed by atoms with Crippen molar-refractivity contribution in [1.82, 2.24) is 14.8 Å². The molecular formula is C20H18N4O. The summed E-state index contributed by atoms with van der Waals surface area (Å²) in [6, 6.07) is 16.1. The number of pyridine rings is 1. The molecule has 2 aromatic heterocycles. The first-order valence-corrected chi connectivity index (χ1v) is 8.02. The highest BCUT2D eigenvalue weighted by atomic mass is 16.5. The summed E-state index contributed by atoms with van der Waals surface area (Å²) in [5.41, 5.74) is 3.11. The smallest absolute Gasteiger partial charge is 0.142 e. The molecule has 0 spiro atoms. The van der Waals surface area contributed by atoms with E-state index >= 15 is 0 Å². The summed E-state index contributed by atoms with van der Waals surface area (Å²) in [6.07, 6.45) is 5.78. The lowest BCUT2D eigenvalue weighted by Gasteiger charge is -2.11. The maximum atomic E-state index is 5.40. The van der Waals surface area contributed by atoms with Crippen LogP contribution in [0.3, 0.4) is 0 Å². The number of nitrogens with one attached hydrogen (secondary N) is 1. The molecule has 25 heavy (non-hydrogen) atoms. The maximum Gasteiger partial charge on any atom is 0.142 e. The highest BCUT2D eigenvalue weighted by Gasteiger charge is 2.08. The number of para-hydroxylation sites is 2. The van der Waals surface area contributed by atoms with E-state index in [4.69, 9.17) is 4.74 Å². The Labute approximate surface area is 145 Å². The van der Waals surface area contributed by atoms with Gasteiger partial charge in [-0.05, 0) is 29.1 Å². The molecule has 5 nitrogen and oxygen atoms in total. The number of rotatable bonds is 4. The van der Waals surface area contributed by atoms with E-state index in [-0.39, 0.29) is 0 Å². The zero-order valence-electron chi connectivity index (χ0n) is 14.1. The number of hydrogen-bond acceptors (Lipinski definition) is 4. The van der Waals surface area contributed by atoms with Crippen molar-refractivity contribution in [1.29, 1.82) is 0 Å². The second-order valence-corrected chi connectivity index (χ2v) is 5.82. The van der Waals surface area contributed by atoms with Crippen molar-refractivity contribution in [3.63, 3.8) is 0 Å². The van der Waals surface area contributed by atoms with Gasteiger partial charge in [0.1, 0.15) is 11.6 Å². The number of aromatic nitrogens is 3. The predicted molar refractivity (Wildman–Crippen MR) is 100 cm³/mol. The summed E-state index contributed by atoms with van der Waals surface area (Å²) < 4.78 is 7.21. The van der Waals surface area contributed by atoms with Crippen molar-refractivity contribution in [3.8, 4) is 16.9 Å². The fraction of sp³-hybridized carbons (Fsp3) is 0.100. The molecule has 0 aliphatic rings. The molecular weight excluding hydrogens is 312 g/mol. The van der Waals surface area contributed by atoms with Crippen molar-refractivity contribution in [2.75, 3.05) is 12.4 Å². The highest BCUT2D eigenvalue weighted by molar-refractivity contribution is 5.97. The third-order valence-corrected chi connectivity index (χ3v) is 4.15. The van der Waals surface area contributed by atoms with E-state index in [0.29, 0.717) is 0 Å². The molecule has 0 radical (unpaired) electrons. The molecule has 2 heterocycles. The van der Waals surface area contributed by atoms with Gasteiger partial charge in [-0.3, -0.25) is 4.68 Å². The van der Waals surface area contributed by atoms with Crippen molar-refractivity contribution >= 4 is 22.3 Å². The molecule has 0 unspecified atom stereocenters. The van der Waals surface area contributed by atoms with Gasteiger partial charge in [-0.2, -0.15) is 5.10 Å². The SMILES string of the molecule is COc1ccccc1Nc1cc2c(-c3cnn(C)c3)cccc2cn1. The number of benzene rings is 2. The summed E-state index contributed by atoms with van der Waals surface area (Å²) in [4.78, 5) is 4.53. The van der Waals surface area contributed by atoms with Crippen LogP contribution in [-0.2, 0) is 7.05 Å². The molecule has 0 amide bonds. The van der Waals surface area contributed by atoms with Crippen LogP contribution in [0.15, 0.2) is 67.1 Å². The topological polar surface area (TPSA) is 52.0 Å². The van der Waals surface area contributed by atoms with Crippen LogP contribution in [0.5, 0.6) is 5.75 Å². The van der Waals surface area contributed by atoms with E-state index in [0.717, 1.165) is 39.2 Å². The molecule has 5 heteroatoms. The Morgan fingerprint density at radius 2 is 1.92 bits per heavy atom. The van der Waals surface area contributed by atoms with E-state index in [1.807, 2.05) is 60.7 Å². The van der Waals surface area contributed by atoms with Crippen LogP contribution in [-0.4, -0.2) is 21.9 Å². The Bertz CT molecular complexity index is 1040. The van der Waals surface area contributed by atoms with E-state index in [1.165, 1.54) is 0 Å². The van der Waals surface area contributed by atoms with Gasteiger partial charge in [0.15, 0.2) is 0 Å². The lowest BCUT2D eigenvalue weighted by molar-refractivity contribution is 0.417. The first-order chi connectivity index (χ1) is 12.2. The zero-order chi connectivity index (χ0) is 17.2. The van der Waals surface area contributed by atoms with Crippen LogP contribution in [0, 0.1) is 0 Å². The molecule has 0 saturated heterocycles. The fourth-order valence-electron chi connectivity index (χ4n) is 2.94. The summed E-state index contributed by atoms with van der Waals surface area (Å²) in [5, 5.41) is 9.84. The fourth-order valence-corrected chi connectivity index (χ4v) is 2.94. The number of methoxy groups -OCH3 is 1. The molecule has 0 aliphatic heterocycles. The second-order valence-electron chi connectivity index (χ2n) is 5.82. The minimum Gasteiger partial charge on any atom is -0.495 e. The summed E-state index contributed by atoms with van der Waals surface area (Å²) in [6.45, 7) is 0. The number of fused-ring (bicyclic) bond motifs is 1. The van der Waals surface area contributed by atoms with E-state index in [9.17, 15) is 0 Å². The van der Waals surface area contributed by atoms with Gasteiger partial charge in [0.05, 0.1) is 19.0 Å². The van der Waals surface area contributed by atoms with Gasteiger partial charge in [-0.15, -0.1) is 0 Å². The van der Waals surface area contributed by atoms with E-state index in [2.05, 4.69) is 33.6 Å². The third kappa shape index (κ3) is 2.92. The number of aryl methyl sites for hydroxylation is 1. The zero-order valence-corrected chi connectivity index (χ0v) is 14.1. The standard InChI is InChI=1S/C20H18N4O/c1-24-13-15(12-22-24)16-7-5-6-14-11-21-20(10-17(14)16)23-18-8-3-4-9-19(18)25-2/h3-13H,1-2H3,(H,21,23). The second kappa shape index (κ2) is 6.28. The predicted octanol–water partition coefficient (Wildman–Crippen LogP) is 4.39. The molecule has 1 N–H and O–H groups in total. The maximum absolute atomic E-state index is 5.40. The van der Waals surface area contributed by atoms with Gasteiger partial charge < -0.3 is 10.1 Å². The Morgan fingerprint density at radius 1 is 1.04 bits per heavy atom. The average Bonchev–Trinajstić information content (AvgIpc) is 3.08. The highest BCUT2D eigenvalue weighted by Crippen LogP contribution is 2.31. The van der Waals surface area contributed by atoms with Crippen LogP contribution in [0.1, 0.15) is 0 Å². The van der Waals surface area contributed by atoms with Gasteiger partial charge in [0, 0.05) is 30.4 Å². The van der Waals surface area contributed by atoms with Crippen molar-refractivity contribution in [3.05, 3.63) is 67.1 Å². The molecule has 0 fully saturated rings. The van der Waals surface area contributed by atoms with Gasteiger partial charge in [-0.1, -0.05) is 30.3 Å².